The molecule has 3 unspecified atom stereocenters. The van der Waals surface area contributed by atoms with Gasteiger partial charge in [0.1, 0.15) is 0 Å². The van der Waals surface area contributed by atoms with E-state index in [-0.39, 0.29) is 53.9 Å². The van der Waals surface area contributed by atoms with E-state index in [0.717, 1.165) is 25.7 Å². The average Bonchev–Trinajstić information content (AvgIpc) is 2.49. The number of aliphatic hydroxyl groups is 1. The molecule has 1 aliphatic carbocycles. The Kier molecular flexibility index (Phi) is 8.74. The quantitative estimate of drug-likeness (QED) is 0.548. The summed E-state index contributed by atoms with van der Waals surface area (Å²) >= 11 is 0. The van der Waals surface area contributed by atoms with Gasteiger partial charge in [0.25, 0.3) is 0 Å². The van der Waals surface area contributed by atoms with Crippen LogP contribution >= 0.6 is 0 Å². The van der Waals surface area contributed by atoms with Crippen LogP contribution in [-0.4, -0.2) is 51.8 Å². The Morgan fingerprint density at radius 2 is 2.00 bits per heavy atom. The van der Waals surface area contributed by atoms with Crippen LogP contribution in [0.4, 0.5) is 0 Å². The van der Waals surface area contributed by atoms with E-state index in [1.807, 2.05) is 0 Å². The van der Waals surface area contributed by atoms with Crippen LogP contribution in [0.15, 0.2) is 0 Å². The van der Waals surface area contributed by atoms with Gasteiger partial charge in [-0.1, -0.05) is 26.2 Å². The molecule has 0 aromatic carbocycles. The Balaban J connectivity index is 0.00000225. The van der Waals surface area contributed by atoms with E-state index in [2.05, 4.69) is 6.92 Å². The molecule has 0 aliphatic heterocycles. The number of carbonyl (C=O) groups is 1. The van der Waals surface area contributed by atoms with Gasteiger partial charge < -0.3 is 10.2 Å². The van der Waals surface area contributed by atoms with E-state index in [1.54, 1.807) is 0 Å². The van der Waals surface area contributed by atoms with E-state index >= 15 is 0 Å². The van der Waals surface area contributed by atoms with Crippen molar-refractivity contribution < 1.29 is 15.0 Å². The van der Waals surface area contributed by atoms with Crippen molar-refractivity contribution >= 4 is 35.5 Å². The minimum atomic E-state index is -0.727. The Labute approximate surface area is 120 Å². The number of hydrogen-bond acceptors (Lipinski definition) is 2. The molecule has 0 spiro atoms. The summed E-state index contributed by atoms with van der Waals surface area (Å²) in [5, 5.41) is 18.5. The van der Waals surface area contributed by atoms with E-state index in [1.165, 1.54) is 12.8 Å². The van der Waals surface area contributed by atoms with Gasteiger partial charge in [-0.05, 0) is 31.1 Å². The van der Waals surface area contributed by atoms with E-state index in [0.29, 0.717) is 0 Å². The Morgan fingerprint density at radius 1 is 1.31 bits per heavy atom. The minimum absolute atomic E-state index is 0. The Hall–Kier alpha value is 0.430. The van der Waals surface area contributed by atoms with E-state index in [9.17, 15) is 9.90 Å². The normalized spacial score (nSPS) is 28.8. The van der Waals surface area contributed by atoms with Crippen molar-refractivity contribution in [1.82, 2.24) is 0 Å². The zero-order valence-electron chi connectivity index (χ0n) is 9.48. The van der Waals surface area contributed by atoms with Gasteiger partial charge in [-0.3, -0.25) is 4.79 Å². The van der Waals surface area contributed by atoms with Gasteiger partial charge in [-0.25, -0.2) is 0 Å². The SMILES string of the molecule is CCCCCC1C(O)CCC1CC(=O)O.[NaH]. The van der Waals surface area contributed by atoms with Crippen LogP contribution in [-0.2, 0) is 4.79 Å². The zero-order valence-corrected chi connectivity index (χ0v) is 9.48. The van der Waals surface area contributed by atoms with E-state index < -0.39 is 5.97 Å². The molecule has 0 saturated heterocycles. The Morgan fingerprint density at radius 3 is 2.56 bits per heavy atom. The number of rotatable bonds is 6. The molecule has 90 valence electrons. The molecule has 0 bridgehead atoms. The molecule has 0 aromatic rings. The molecule has 0 aromatic heterocycles. The molecule has 16 heavy (non-hydrogen) atoms. The first-order valence-electron chi connectivity index (χ1n) is 6.05. The standard InChI is InChI=1S/C12H22O3.Na.H/c1-2-3-4-5-10-9(8-12(14)15)6-7-11(10)13;;/h9-11,13H,2-8H2,1H3,(H,14,15);;. The van der Waals surface area contributed by atoms with Crippen molar-refractivity contribution in [3.05, 3.63) is 0 Å². The maximum absolute atomic E-state index is 10.7. The second kappa shape index (κ2) is 8.51. The molecule has 3 nitrogen and oxygen atoms in total. The third kappa shape index (κ3) is 5.17. The number of carboxylic acids is 1. The molecule has 1 fully saturated rings. The first-order valence-corrected chi connectivity index (χ1v) is 6.05. The van der Waals surface area contributed by atoms with E-state index in [4.69, 9.17) is 5.11 Å². The van der Waals surface area contributed by atoms with Gasteiger partial charge in [0.05, 0.1) is 6.10 Å². The molecular weight excluding hydrogens is 215 g/mol. The third-order valence-corrected chi connectivity index (χ3v) is 3.51. The predicted molar refractivity (Wildman–Crippen MR) is 65.8 cm³/mol. The van der Waals surface area contributed by atoms with Gasteiger partial charge in [0.15, 0.2) is 0 Å². The average molecular weight is 238 g/mol. The molecule has 1 aliphatic rings. The number of unbranched alkanes of at least 4 members (excludes halogenated alkanes) is 2. The topological polar surface area (TPSA) is 57.5 Å². The predicted octanol–water partition coefficient (Wildman–Crippen LogP) is 1.78. The van der Waals surface area contributed by atoms with Crippen molar-refractivity contribution in [3.8, 4) is 0 Å². The van der Waals surface area contributed by atoms with Crippen LogP contribution in [0.5, 0.6) is 0 Å². The van der Waals surface area contributed by atoms with Crippen LogP contribution in [0.1, 0.15) is 51.9 Å². The van der Waals surface area contributed by atoms with Gasteiger partial charge >= 0.3 is 35.5 Å². The fraction of sp³-hybridized carbons (Fsp3) is 0.917. The first kappa shape index (κ1) is 16.4. The summed E-state index contributed by atoms with van der Waals surface area (Å²) in [7, 11) is 0. The van der Waals surface area contributed by atoms with Crippen LogP contribution in [0.3, 0.4) is 0 Å². The summed E-state index contributed by atoms with van der Waals surface area (Å²) < 4.78 is 0. The second-order valence-electron chi connectivity index (χ2n) is 4.66. The van der Waals surface area contributed by atoms with Crippen molar-refractivity contribution in [2.24, 2.45) is 11.8 Å². The summed E-state index contributed by atoms with van der Waals surface area (Å²) in [5.41, 5.74) is 0. The summed E-state index contributed by atoms with van der Waals surface area (Å²) in [4.78, 5) is 10.7. The van der Waals surface area contributed by atoms with Crippen molar-refractivity contribution in [1.29, 1.82) is 0 Å². The van der Waals surface area contributed by atoms with Crippen LogP contribution < -0.4 is 0 Å². The monoisotopic (exact) mass is 238 g/mol. The molecular formula is C12H23NaO3. The molecule has 1 saturated carbocycles. The first-order chi connectivity index (χ1) is 7.15. The van der Waals surface area contributed by atoms with Crippen LogP contribution in [0.2, 0.25) is 0 Å². The number of hydrogen-bond donors (Lipinski definition) is 2. The van der Waals surface area contributed by atoms with Crippen LogP contribution in [0.25, 0.3) is 0 Å². The van der Waals surface area contributed by atoms with Gasteiger partial charge in [-0.2, -0.15) is 0 Å². The summed E-state index contributed by atoms with van der Waals surface area (Å²) in [6.07, 6.45) is 6.11. The van der Waals surface area contributed by atoms with Gasteiger partial charge in [0.2, 0.25) is 0 Å². The molecule has 0 heterocycles. The number of carboxylic acid groups (broad SMARTS) is 1. The van der Waals surface area contributed by atoms with Crippen molar-refractivity contribution in [2.45, 2.75) is 58.0 Å². The second-order valence-corrected chi connectivity index (χ2v) is 4.66. The molecule has 4 heteroatoms. The molecule has 2 N–H and O–H groups in total. The molecule has 3 atom stereocenters. The zero-order chi connectivity index (χ0) is 11.3. The Bertz CT molecular complexity index is 208. The molecule has 0 amide bonds. The van der Waals surface area contributed by atoms with Crippen LogP contribution in [0, 0.1) is 11.8 Å². The summed E-state index contributed by atoms with van der Waals surface area (Å²) in [6.45, 7) is 2.15. The fourth-order valence-corrected chi connectivity index (χ4v) is 2.66. The summed E-state index contributed by atoms with van der Waals surface area (Å²) in [5.74, 6) is -0.295. The number of aliphatic carboxylic acids is 1. The maximum atomic E-state index is 10.7. The van der Waals surface area contributed by atoms with Gasteiger partial charge in [-0.15, -0.1) is 0 Å². The van der Waals surface area contributed by atoms with Gasteiger partial charge in [0, 0.05) is 6.42 Å². The molecule has 0 radical (unpaired) electrons. The third-order valence-electron chi connectivity index (χ3n) is 3.51. The number of aliphatic hydroxyl groups excluding tert-OH is 1. The van der Waals surface area contributed by atoms with Crippen molar-refractivity contribution in [2.75, 3.05) is 0 Å². The fourth-order valence-electron chi connectivity index (χ4n) is 2.66. The summed E-state index contributed by atoms with van der Waals surface area (Å²) in [6, 6.07) is 0. The van der Waals surface area contributed by atoms with Crippen molar-refractivity contribution in [3.63, 3.8) is 0 Å². The molecule has 1 rings (SSSR count).